The van der Waals surface area contributed by atoms with Crippen LogP contribution in [0.5, 0.6) is 0 Å². The van der Waals surface area contributed by atoms with Crippen molar-refractivity contribution in [3.8, 4) is 0 Å². The van der Waals surface area contributed by atoms with Crippen LogP contribution in [0.15, 0.2) is 36.7 Å². The molecule has 0 saturated heterocycles. The Kier molecular flexibility index (Phi) is 5.19. The summed E-state index contributed by atoms with van der Waals surface area (Å²) in [6.07, 6.45) is 2.72. The summed E-state index contributed by atoms with van der Waals surface area (Å²) >= 11 is 5.68. The molecule has 0 bridgehead atoms. The molecule has 7 heteroatoms. The van der Waals surface area contributed by atoms with E-state index in [9.17, 15) is 14.0 Å². The van der Waals surface area contributed by atoms with Gasteiger partial charge in [0.2, 0.25) is 0 Å². The first kappa shape index (κ1) is 17.9. The van der Waals surface area contributed by atoms with Crippen molar-refractivity contribution in [3.63, 3.8) is 0 Å². The van der Waals surface area contributed by atoms with Crippen molar-refractivity contribution in [2.24, 2.45) is 0 Å². The third-order valence-corrected chi connectivity index (χ3v) is 3.22. The van der Waals surface area contributed by atoms with Gasteiger partial charge in [-0.1, -0.05) is 11.6 Å². The highest BCUT2D eigenvalue weighted by Gasteiger charge is 2.17. The average molecular weight is 350 g/mol. The van der Waals surface area contributed by atoms with Crippen LogP contribution in [0, 0.1) is 5.82 Å². The van der Waals surface area contributed by atoms with Crippen molar-refractivity contribution in [2.75, 3.05) is 5.32 Å². The molecule has 2 amide bonds. The van der Waals surface area contributed by atoms with Gasteiger partial charge in [0, 0.05) is 23.6 Å². The molecule has 1 aromatic heterocycles. The van der Waals surface area contributed by atoms with Crippen LogP contribution in [-0.2, 0) is 0 Å². The van der Waals surface area contributed by atoms with E-state index in [1.165, 1.54) is 30.6 Å². The lowest BCUT2D eigenvalue weighted by Crippen LogP contribution is -2.40. The van der Waals surface area contributed by atoms with Crippen molar-refractivity contribution in [1.29, 1.82) is 0 Å². The van der Waals surface area contributed by atoms with Crippen LogP contribution in [0.1, 0.15) is 41.5 Å². The number of amides is 2. The maximum atomic E-state index is 13.1. The average Bonchev–Trinajstić information content (AvgIpc) is 2.49. The molecule has 2 N–H and O–H groups in total. The standard InChI is InChI=1S/C17H17ClFN3O2/c1-17(2,3)22-16(24)11-6-10(8-20-9-11)15(23)21-12-4-5-14(19)13(18)7-12/h4-9H,1-3H3,(H,21,23)(H,22,24). The van der Waals surface area contributed by atoms with Crippen molar-refractivity contribution >= 4 is 29.1 Å². The first-order chi connectivity index (χ1) is 11.2. The van der Waals surface area contributed by atoms with Gasteiger partial charge in [-0.15, -0.1) is 0 Å². The number of carbonyl (C=O) groups excluding carboxylic acids is 2. The molecule has 0 aliphatic carbocycles. The second kappa shape index (κ2) is 6.97. The molecular formula is C17H17ClFN3O2. The van der Waals surface area contributed by atoms with Gasteiger partial charge in [0.25, 0.3) is 11.8 Å². The SMILES string of the molecule is CC(C)(C)NC(=O)c1cncc(C(=O)Nc2ccc(F)c(Cl)c2)c1. The van der Waals surface area contributed by atoms with Crippen LogP contribution in [0.4, 0.5) is 10.1 Å². The van der Waals surface area contributed by atoms with Crippen molar-refractivity contribution in [2.45, 2.75) is 26.3 Å². The fourth-order valence-electron chi connectivity index (χ4n) is 1.88. The Morgan fingerprint density at radius 2 is 1.71 bits per heavy atom. The topological polar surface area (TPSA) is 71.1 Å². The number of pyridine rings is 1. The van der Waals surface area contributed by atoms with E-state index in [1.54, 1.807) is 0 Å². The Labute approximate surface area is 144 Å². The molecule has 0 unspecified atom stereocenters. The number of hydrogen-bond acceptors (Lipinski definition) is 3. The van der Waals surface area contributed by atoms with E-state index in [0.717, 1.165) is 6.07 Å². The monoisotopic (exact) mass is 349 g/mol. The molecule has 2 rings (SSSR count). The van der Waals surface area contributed by atoms with E-state index in [4.69, 9.17) is 11.6 Å². The van der Waals surface area contributed by atoms with Gasteiger partial charge in [-0.3, -0.25) is 14.6 Å². The summed E-state index contributed by atoms with van der Waals surface area (Å²) in [4.78, 5) is 28.3. The zero-order valence-corrected chi connectivity index (χ0v) is 14.2. The molecule has 0 spiro atoms. The predicted molar refractivity (Wildman–Crippen MR) is 90.8 cm³/mol. The number of carbonyl (C=O) groups is 2. The minimum Gasteiger partial charge on any atom is -0.347 e. The zero-order chi connectivity index (χ0) is 17.9. The minimum absolute atomic E-state index is 0.0933. The maximum Gasteiger partial charge on any atom is 0.257 e. The van der Waals surface area contributed by atoms with Crippen LogP contribution in [0.3, 0.4) is 0 Å². The summed E-state index contributed by atoms with van der Waals surface area (Å²) in [6, 6.07) is 5.29. The summed E-state index contributed by atoms with van der Waals surface area (Å²) in [5.41, 5.74) is 0.419. The highest BCUT2D eigenvalue weighted by atomic mass is 35.5. The lowest BCUT2D eigenvalue weighted by atomic mass is 10.1. The zero-order valence-electron chi connectivity index (χ0n) is 13.5. The Balaban J connectivity index is 2.16. The molecule has 0 aliphatic heterocycles. The fourth-order valence-corrected chi connectivity index (χ4v) is 2.06. The third kappa shape index (κ3) is 4.76. The predicted octanol–water partition coefficient (Wildman–Crippen LogP) is 3.65. The van der Waals surface area contributed by atoms with E-state index in [2.05, 4.69) is 15.6 Å². The largest absolute Gasteiger partial charge is 0.347 e. The van der Waals surface area contributed by atoms with Crippen LogP contribution >= 0.6 is 11.6 Å². The summed E-state index contributed by atoms with van der Waals surface area (Å²) in [5, 5.41) is 5.28. The molecule has 0 radical (unpaired) electrons. The molecule has 126 valence electrons. The van der Waals surface area contributed by atoms with Gasteiger partial charge >= 0.3 is 0 Å². The first-order valence-electron chi connectivity index (χ1n) is 7.20. The van der Waals surface area contributed by atoms with Gasteiger partial charge < -0.3 is 10.6 Å². The van der Waals surface area contributed by atoms with Crippen molar-refractivity contribution in [1.82, 2.24) is 10.3 Å². The first-order valence-corrected chi connectivity index (χ1v) is 7.57. The Hall–Kier alpha value is -2.47. The number of halogens is 2. The molecule has 0 fully saturated rings. The molecule has 5 nitrogen and oxygen atoms in total. The summed E-state index contributed by atoms with van der Waals surface area (Å²) < 4.78 is 13.1. The van der Waals surface area contributed by atoms with E-state index in [-0.39, 0.29) is 22.1 Å². The van der Waals surface area contributed by atoms with Gasteiger partial charge in [0.1, 0.15) is 5.82 Å². The molecule has 0 aliphatic rings. The van der Waals surface area contributed by atoms with Crippen molar-refractivity contribution < 1.29 is 14.0 Å². The molecular weight excluding hydrogens is 333 g/mol. The molecule has 1 heterocycles. The van der Waals surface area contributed by atoms with Crippen LogP contribution in [0.25, 0.3) is 0 Å². The van der Waals surface area contributed by atoms with E-state index < -0.39 is 17.3 Å². The highest BCUT2D eigenvalue weighted by Crippen LogP contribution is 2.20. The van der Waals surface area contributed by atoms with E-state index in [0.29, 0.717) is 5.69 Å². The highest BCUT2D eigenvalue weighted by molar-refractivity contribution is 6.31. The van der Waals surface area contributed by atoms with Crippen LogP contribution < -0.4 is 10.6 Å². The molecule has 1 aromatic carbocycles. The number of hydrogen-bond donors (Lipinski definition) is 2. The number of anilines is 1. The second-order valence-electron chi connectivity index (χ2n) is 6.25. The quantitative estimate of drug-likeness (QED) is 0.888. The van der Waals surface area contributed by atoms with Crippen molar-refractivity contribution in [3.05, 3.63) is 58.6 Å². The molecule has 0 atom stereocenters. The van der Waals surface area contributed by atoms with Gasteiger partial charge in [-0.25, -0.2) is 4.39 Å². The van der Waals surface area contributed by atoms with Gasteiger partial charge in [-0.2, -0.15) is 0 Å². The summed E-state index contributed by atoms with van der Waals surface area (Å²) in [6.45, 7) is 5.56. The number of benzene rings is 1. The smallest absolute Gasteiger partial charge is 0.257 e. The second-order valence-corrected chi connectivity index (χ2v) is 6.66. The number of nitrogens with zero attached hydrogens (tertiary/aromatic N) is 1. The number of nitrogens with one attached hydrogen (secondary N) is 2. The number of aromatic nitrogens is 1. The summed E-state index contributed by atoms with van der Waals surface area (Å²) in [7, 11) is 0. The van der Waals surface area contributed by atoms with Gasteiger partial charge in [0.05, 0.1) is 16.1 Å². The molecule has 2 aromatic rings. The van der Waals surface area contributed by atoms with Gasteiger partial charge in [-0.05, 0) is 45.0 Å². The minimum atomic E-state index is -0.572. The normalized spacial score (nSPS) is 11.0. The Bertz CT molecular complexity index is 788. The number of rotatable bonds is 3. The summed E-state index contributed by atoms with van der Waals surface area (Å²) in [5.74, 6) is -1.37. The molecule has 24 heavy (non-hydrogen) atoms. The Morgan fingerprint density at radius 3 is 2.29 bits per heavy atom. The molecule has 0 saturated carbocycles. The lowest BCUT2D eigenvalue weighted by molar-refractivity contribution is 0.0919. The fraction of sp³-hybridized carbons (Fsp3) is 0.235. The lowest BCUT2D eigenvalue weighted by Gasteiger charge is -2.20. The maximum absolute atomic E-state index is 13.1. The van der Waals surface area contributed by atoms with Crippen LogP contribution in [-0.4, -0.2) is 22.3 Å². The van der Waals surface area contributed by atoms with E-state index >= 15 is 0 Å². The van der Waals surface area contributed by atoms with E-state index in [1.807, 2.05) is 20.8 Å². The van der Waals surface area contributed by atoms with Gasteiger partial charge in [0.15, 0.2) is 0 Å². The third-order valence-electron chi connectivity index (χ3n) is 2.93. The van der Waals surface area contributed by atoms with Crippen LogP contribution in [0.2, 0.25) is 5.02 Å². The Morgan fingerprint density at radius 1 is 1.08 bits per heavy atom.